The second-order valence-corrected chi connectivity index (χ2v) is 7.90. The second kappa shape index (κ2) is 9.58. The molecule has 3 aromatic rings. The Bertz CT molecular complexity index is 1270. The molecule has 1 aliphatic heterocycles. The molecule has 34 heavy (non-hydrogen) atoms. The van der Waals surface area contributed by atoms with Crippen LogP contribution in [0.4, 0.5) is 11.4 Å². The van der Waals surface area contributed by atoms with Crippen LogP contribution in [0.2, 0.25) is 0 Å². The fourth-order valence-electron chi connectivity index (χ4n) is 3.98. The number of anilines is 2. The first kappa shape index (κ1) is 22.7. The number of amides is 2. The zero-order chi connectivity index (χ0) is 24.2. The van der Waals surface area contributed by atoms with E-state index in [-0.39, 0.29) is 35.2 Å². The number of rotatable bonds is 6. The normalized spacial score (nSPS) is 14.3. The van der Waals surface area contributed by atoms with Crippen molar-refractivity contribution in [3.63, 3.8) is 0 Å². The van der Waals surface area contributed by atoms with Crippen LogP contribution in [0.1, 0.15) is 43.6 Å². The molecular weight excluding hydrogens is 436 g/mol. The molecule has 4 rings (SSSR count). The van der Waals surface area contributed by atoms with Crippen LogP contribution in [-0.2, 0) is 16.0 Å². The summed E-state index contributed by atoms with van der Waals surface area (Å²) >= 11 is 0. The van der Waals surface area contributed by atoms with Crippen molar-refractivity contribution in [3.8, 4) is 0 Å². The Morgan fingerprint density at radius 2 is 1.59 bits per heavy atom. The number of nitrogens with one attached hydrogen (secondary N) is 1. The molecule has 8 nitrogen and oxygen atoms in total. The number of carbonyl (C=O) groups is 4. The van der Waals surface area contributed by atoms with Gasteiger partial charge in [0.15, 0.2) is 6.61 Å². The van der Waals surface area contributed by atoms with Gasteiger partial charge in [-0.1, -0.05) is 30.3 Å². The lowest BCUT2D eigenvalue weighted by molar-refractivity contribution is -0.122. The van der Waals surface area contributed by atoms with Crippen molar-refractivity contribution in [2.45, 2.75) is 19.4 Å². The summed E-state index contributed by atoms with van der Waals surface area (Å²) in [5.74, 6) is -2.75. The number of para-hydroxylation sites is 1. The minimum atomic E-state index is -1.20. The molecule has 0 aliphatic carbocycles. The zero-order valence-electron chi connectivity index (χ0n) is 18.4. The largest absolute Gasteiger partial charge is 0.478 e. The SMILES string of the molecule is C[C@H]1Cc2ccccc2N1C(=O)COC(=O)c1ccc(NC(=O)c2ccccc2C(=O)O)cc1. The highest BCUT2D eigenvalue weighted by Crippen LogP contribution is 2.31. The van der Waals surface area contributed by atoms with Crippen molar-refractivity contribution >= 4 is 35.1 Å². The maximum absolute atomic E-state index is 12.7. The smallest absolute Gasteiger partial charge is 0.338 e. The first-order chi connectivity index (χ1) is 16.3. The molecule has 0 bridgehead atoms. The summed E-state index contributed by atoms with van der Waals surface area (Å²) in [4.78, 5) is 50.5. The molecule has 3 aromatic carbocycles. The number of hydrogen-bond acceptors (Lipinski definition) is 5. The summed E-state index contributed by atoms with van der Waals surface area (Å²) in [5.41, 5.74) is 2.42. The Kier molecular flexibility index (Phi) is 6.40. The molecule has 0 saturated carbocycles. The van der Waals surface area contributed by atoms with Crippen LogP contribution in [0.25, 0.3) is 0 Å². The summed E-state index contributed by atoms with van der Waals surface area (Å²) in [6, 6.07) is 19.4. The average Bonchev–Trinajstić information content (AvgIpc) is 3.18. The van der Waals surface area contributed by atoms with Crippen molar-refractivity contribution in [2.75, 3.05) is 16.8 Å². The Hall–Kier alpha value is -4.46. The van der Waals surface area contributed by atoms with Gasteiger partial charge in [-0.05, 0) is 61.4 Å². The fraction of sp³-hybridized carbons (Fsp3) is 0.154. The van der Waals surface area contributed by atoms with E-state index < -0.39 is 17.8 Å². The number of carboxylic acid groups (broad SMARTS) is 1. The van der Waals surface area contributed by atoms with E-state index in [1.54, 1.807) is 11.0 Å². The van der Waals surface area contributed by atoms with Crippen LogP contribution < -0.4 is 10.2 Å². The number of fused-ring (bicyclic) bond motifs is 1. The van der Waals surface area contributed by atoms with Crippen molar-refractivity contribution < 1.29 is 29.0 Å². The maximum atomic E-state index is 12.7. The molecule has 1 aliphatic rings. The van der Waals surface area contributed by atoms with Crippen LogP contribution in [0.3, 0.4) is 0 Å². The first-order valence-corrected chi connectivity index (χ1v) is 10.7. The summed E-state index contributed by atoms with van der Waals surface area (Å²) in [5, 5.41) is 11.8. The van der Waals surface area contributed by atoms with E-state index in [2.05, 4.69) is 5.32 Å². The van der Waals surface area contributed by atoms with E-state index in [4.69, 9.17) is 4.74 Å². The third-order valence-corrected chi connectivity index (χ3v) is 5.58. The van der Waals surface area contributed by atoms with E-state index in [1.807, 2.05) is 31.2 Å². The maximum Gasteiger partial charge on any atom is 0.338 e. The van der Waals surface area contributed by atoms with Gasteiger partial charge in [-0.2, -0.15) is 0 Å². The van der Waals surface area contributed by atoms with Crippen LogP contribution in [0.15, 0.2) is 72.8 Å². The molecule has 1 heterocycles. The molecule has 0 unspecified atom stereocenters. The van der Waals surface area contributed by atoms with E-state index in [0.29, 0.717) is 5.69 Å². The van der Waals surface area contributed by atoms with E-state index in [9.17, 15) is 24.3 Å². The van der Waals surface area contributed by atoms with Gasteiger partial charge in [0.2, 0.25) is 0 Å². The van der Waals surface area contributed by atoms with Gasteiger partial charge in [0.1, 0.15) is 0 Å². The predicted molar refractivity (Wildman–Crippen MR) is 125 cm³/mol. The third kappa shape index (κ3) is 4.66. The quantitative estimate of drug-likeness (QED) is 0.544. The summed E-state index contributed by atoms with van der Waals surface area (Å²) < 4.78 is 5.22. The predicted octanol–water partition coefficient (Wildman–Crippen LogP) is 3.77. The van der Waals surface area contributed by atoms with E-state index in [0.717, 1.165) is 17.7 Å². The monoisotopic (exact) mass is 458 g/mol. The lowest BCUT2D eigenvalue weighted by Gasteiger charge is -2.22. The minimum Gasteiger partial charge on any atom is -0.478 e. The lowest BCUT2D eigenvalue weighted by Crippen LogP contribution is -2.38. The van der Waals surface area contributed by atoms with Gasteiger partial charge in [0.25, 0.3) is 11.8 Å². The van der Waals surface area contributed by atoms with Gasteiger partial charge in [-0.15, -0.1) is 0 Å². The molecular formula is C26H22N2O6. The molecule has 0 fully saturated rings. The molecule has 0 saturated heterocycles. The lowest BCUT2D eigenvalue weighted by atomic mass is 10.1. The number of carboxylic acids is 1. The van der Waals surface area contributed by atoms with Gasteiger partial charge in [0, 0.05) is 17.4 Å². The molecule has 0 aromatic heterocycles. The van der Waals surface area contributed by atoms with Gasteiger partial charge in [-0.25, -0.2) is 9.59 Å². The second-order valence-electron chi connectivity index (χ2n) is 7.90. The molecule has 0 radical (unpaired) electrons. The average molecular weight is 458 g/mol. The number of hydrogen-bond donors (Lipinski definition) is 2. The van der Waals surface area contributed by atoms with Gasteiger partial charge >= 0.3 is 11.9 Å². The molecule has 2 amide bonds. The van der Waals surface area contributed by atoms with Gasteiger partial charge in [0.05, 0.1) is 16.7 Å². The van der Waals surface area contributed by atoms with Crippen molar-refractivity contribution in [3.05, 3.63) is 95.1 Å². The van der Waals surface area contributed by atoms with Crippen molar-refractivity contribution in [1.82, 2.24) is 0 Å². The summed E-state index contributed by atoms with van der Waals surface area (Å²) in [6.07, 6.45) is 0.750. The number of esters is 1. The Balaban J connectivity index is 1.36. The number of carbonyl (C=O) groups excluding carboxylic acids is 3. The molecule has 8 heteroatoms. The number of nitrogens with zero attached hydrogens (tertiary/aromatic N) is 1. The molecule has 0 spiro atoms. The first-order valence-electron chi connectivity index (χ1n) is 10.7. The van der Waals surface area contributed by atoms with Crippen LogP contribution in [0, 0.1) is 0 Å². The highest BCUT2D eigenvalue weighted by atomic mass is 16.5. The Labute approximate surface area is 195 Å². The summed E-state index contributed by atoms with van der Waals surface area (Å²) in [7, 11) is 0. The minimum absolute atomic E-state index is 0.0160. The third-order valence-electron chi connectivity index (χ3n) is 5.58. The topological polar surface area (TPSA) is 113 Å². The Morgan fingerprint density at radius 3 is 2.29 bits per heavy atom. The van der Waals surface area contributed by atoms with Crippen LogP contribution in [-0.4, -0.2) is 41.5 Å². The van der Waals surface area contributed by atoms with Gasteiger partial charge in [-0.3, -0.25) is 9.59 Å². The van der Waals surface area contributed by atoms with Crippen LogP contribution >= 0.6 is 0 Å². The molecule has 172 valence electrons. The highest BCUT2D eigenvalue weighted by Gasteiger charge is 2.31. The zero-order valence-corrected chi connectivity index (χ0v) is 18.4. The summed E-state index contributed by atoms with van der Waals surface area (Å²) in [6.45, 7) is 1.56. The fourth-order valence-corrected chi connectivity index (χ4v) is 3.98. The highest BCUT2D eigenvalue weighted by molar-refractivity contribution is 6.10. The van der Waals surface area contributed by atoms with Crippen molar-refractivity contribution in [2.24, 2.45) is 0 Å². The van der Waals surface area contributed by atoms with Crippen LogP contribution in [0.5, 0.6) is 0 Å². The Morgan fingerprint density at radius 1 is 0.941 bits per heavy atom. The number of ether oxygens (including phenoxy) is 1. The number of aromatic carboxylic acids is 1. The van der Waals surface area contributed by atoms with Crippen molar-refractivity contribution in [1.29, 1.82) is 0 Å². The van der Waals surface area contributed by atoms with E-state index >= 15 is 0 Å². The molecule has 2 N–H and O–H groups in total. The van der Waals surface area contributed by atoms with E-state index in [1.165, 1.54) is 42.5 Å². The standard InChI is InChI=1S/C26H22N2O6/c1-16-14-18-6-2-5-9-22(18)28(16)23(29)15-34-26(33)17-10-12-19(13-11-17)27-24(30)20-7-3-4-8-21(20)25(31)32/h2-13,16H,14-15H2,1H3,(H,27,30)(H,31,32)/t16-/m0/s1. The number of benzene rings is 3. The van der Waals surface area contributed by atoms with Gasteiger partial charge < -0.3 is 20.1 Å². The molecule has 1 atom stereocenters.